The third-order valence-electron chi connectivity index (χ3n) is 8.17. The number of guanidine groups is 1. The number of hydrogen-bond donors (Lipinski definition) is 12. The molecule has 57 heavy (non-hydrogen) atoms. The molecule has 21 heteroatoms. The van der Waals surface area contributed by atoms with Crippen LogP contribution in [0.5, 0.6) is 5.75 Å². The summed E-state index contributed by atoms with van der Waals surface area (Å²) in [6, 6.07) is 1.58. The van der Waals surface area contributed by atoms with Gasteiger partial charge in [0.25, 0.3) is 0 Å². The van der Waals surface area contributed by atoms with Gasteiger partial charge in [-0.2, -0.15) is 0 Å². The highest BCUT2D eigenvalue weighted by Gasteiger charge is 2.32. The molecule has 21 nitrogen and oxygen atoms in total. The van der Waals surface area contributed by atoms with Crippen molar-refractivity contribution in [3.05, 3.63) is 29.8 Å². The number of unbranched alkanes of at least 4 members (excludes halogenated alkanes) is 1. The van der Waals surface area contributed by atoms with Crippen molar-refractivity contribution in [2.75, 3.05) is 19.6 Å². The Labute approximate surface area is 332 Å². The predicted octanol–water partition coefficient (Wildman–Crippen LogP) is -1.90. The van der Waals surface area contributed by atoms with Crippen LogP contribution in [0.3, 0.4) is 0 Å². The molecule has 1 heterocycles. The summed E-state index contributed by atoms with van der Waals surface area (Å²) >= 11 is 0. The quantitative estimate of drug-likeness (QED) is 0.0161. The number of carboxylic acid groups (broad SMARTS) is 2. The Morgan fingerprint density at radius 2 is 1.44 bits per heavy atom. The van der Waals surface area contributed by atoms with Crippen LogP contribution in [0.15, 0.2) is 24.3 Å². The Kier molecular flexibility index (Phi) is 26.2. The molecule has 0 aromatic heterocycles. The van der Waals surface area contributed by atoms with Gasteiger partial charge < -0.3 is 75.2 Å². The van der Waals surface area contributed by atoms with Crippen LogP contribution < -0.4 is 55.5 Å². The first-order valence-corrected chi connectivity index (χ1v) is 18.7. The van der Waals surface area contributed by atoms with Gasteiger partial charge in [0.05, 0.1) is 0 Å². The van der Waals surface area contributed by atoms with E-state index in [1.807, 2.05) is 13.8 Å². The summed E-state index contributed by atoms with van der Waals surface area (Å²) in [7, 11) is 0. The Morgan fingerprint density at radius 1 is 0.842 bits per heavy atom. The number of nitrogens with two attached hydrogens (primary N) is 7. The third-order valence-corrected chi connectivity index (χ3v) is 8.17. The highest BCUT2D eigenvalue weighted by atomic mass is 16.6. The lowest BCUT2D eigenvalue weighted by molar-refractivity contribution is -0.165. The monoisotopic (exact) mass is 812 g/mol. The second kappa shape index (κ2) is 28.6. The Bertz CT molecular complexity index is 1410. The summed E-state index contributed by atoms with van der Waals surface area (Å²) in [5, 5.41) is 29.5. The first-order valence-electron chi connectivity index (χ1n) is 18.7. The fourth-order valence-corrected chi connectivity index (χ4v) is 4.78. The van der Waals surface area contributed by atoms with E-state index in [-0.39, 0.29) is 24.3 Å². The molecule has 0 radical (unpaired) electrons. The molecule has 324 valence electrons. The minimum Gasteiger partial charge on any atom is -0.480 e. The largest absolute Gasteiger partial charge is 0.480 e. The molecule has 2 rings (SSSR count). The van der Waals surface area contributed by atoms with Gasteiger partial charge in [-0.05, 0) is 95.0 Å². The van der Waals surface area contributed by atoms with Gasteiger partial charge >= 0.3 is 35.8 Å². The predicted molar refractivity (Wildman–Crippen MR) is 210 cm³/mol. The van der Waals surface area contributed by atoms with E-state index >= 15 is 0 Å². The van der Waals surface area contributed by atoms with E-state index in [0.717, 1.165) is 31.4 Å². The molecule has 1 aromatic carbocycles. The maximum absolute atomic E-state index is 11.9. The molecule has 7 atom stereocenters. The van der Waals surface area contributed by atoms with Crippen molar-refractivity contribution in [2.24, 2.45) is 46.1 Å². The maximum atomic E-state index is 11.9. The average Bonchev–Trinajstić information content (AvgIpc) is 3.69. The zero-order valence-corrected chi connectivity index (χ0v) is 33.0. The van der Waals surface area contributed by atoms with Gasteiger partial charge in [0.1, 0.15) is 48.1 Å². The molecule has 0 spiro atoms. The van der Waals surface area contributed by atoms with Gasteiger partial charge in [0.2, 0.25) is 0 Å². The normalized spacial score (nSPS) is 16.4. The van der Waals surface area contributed by atoms with Crippen LogP contribution in [0.1, 0.15) is 77.7 Å². The van der Waals surface area contributed by atoms with E-state index in [1.54, 1.807) is 24.3 Å². The zero-order chi connectivity index (χ0) is 43.7. The summed E-state index contributed by atoms with van der Waals surface area (Å²) in [6.07, 6.45) is 4.40. The van der Waals surface area contributed by atoms with Gasteiger partial charge in [-0.1, -0.05) is 32.4 Å². The van der Waals surface area contributed by atoms with E-state index in [2.05, 4.69) is 15.4 Å². The summed E-state index contributed by atoms with van der Waals surface area (Å²) in [4.78, 5) is 68.1. The van der Waals surface area contributed by atoms with Gasteiger partial charge in [-0.3, -0.25) is 19.8 Å². The van der Waals surface area contributed by atoms with Crippen molar-refractivity contribution in [1.29, 1.82) is 5.41 Å². The van der Waals surface area contributed by atoms with E-state index in [4.69, 9.17) is 65.2 Å². The molecule has 0 saturated carbocycles. The Hall–Kier alpha value is -4.77. The topological polar surface area (TPSA) is 401 Å². The van der Waals surface area contributed by atoms with E-state index in [0.29, 0.717) is 50.9 Å². The fourth-order valence-electron chi connectivity index (χ4n) is 4.78. The standard InChI is InChI=1S/C15H27N3O5.C15H23N3O4.C6H14N4O2/c1-8(2)7-10(16)13(19)23-15(21)12(17)9(3)22-14(20)11-5-4-6-18-11;16-8-2-1-3-12(17)15(21)22-11-6-4-10(5-7-11)9-13(18)14(19)20;7-4(5(11)12)2-1-3-10-6(8)9/h8-12,18H,4-7,16-17H2,1-3H3;4-7,12-13H,1-3,8-9,16-18H2,(H,19,20);4H,1-3,7H2,(H,11,12)(H4,8,9,10)/t9-,10+,11+,12+;12-,13-;4-/m100/s1. The van der Waals surface area contributed by atoms with Crippen LogP contribution in [0.2, 0.25) is 0 Å². The first-order chi connectivity index (χ1) is 26.7. The number of benzene rings is 1. The molecular weight excluding hydrogens is 748 g/mol. The molecule has 0 amide bonds. The molecule has 1 aliphatic heterocycles. The molecule has 0 unspecified atom stereocenters. The number of ether oxygens (including phenoxy) is 3. The van der Waals surface area contributed by atoms with Crippen molar-refractivity contribution in [3.8, 4) is 5.75 Å². The Morgan fingerprint density at radius 3 is 1.95 bits per heavy atom. The van der Waals surface area contributed by atoms with Gasteiger partial charge in [-0.25, -0.2) is 14.4 Å². The molecular formula is C36H64N10O11. The number of carbonyl (C=O) groups excluding carboxylic acids is 4. The fraction of sp³-hybridized carbons (Fsp3) is 0.639. The van der Waals surface area contributed by atoms with E-state index < -0.39 is 72.1 Å². The zero-order valence-electron chi connectivity index (χ0n) is 33.0. The minimum absolute atomic E-state index is 0.112. The van der Waals surface area contributed by atoms with Gasteiger partial charge in [0.15, 0.2) is 5.96 Å². The number of rotatable bonds is 21. The number of carboxylic acids is 2. The third kappa shape index (κ3) is 23.8. The number of aliphatic carboxylic acids is 2. The van der Waals surface area contributed by atoms with Crippen LogP contribution >= 0.6 is 0 Å². The van der Waals surface area contributed by atoms with Crippen molar-refractivity contribution in [1.82, 2.24) is 10.6 Å². The smallest absolute Gasteiger partial charge is 0.334 e. The molecule has 1 saturated heterocycles. The van der Waals surface area contributed by atoms with Crippen molar-refractivity contribution >= 4 is 41.8 Å². The number of carbonyl (C=O) groups is 6. The lowest BCUT2D eigenvalue weighted by Gasteiger charge is -2.21. The average molecular weight is 813 g/mol. The molecule has 0 aliphatic carbocycles. The highest BCUT2D eigenvalue weighted by molar-refractivity contribution is 5.91. The molecule has 1 fully saturated rings. The van der Waals surface area contributed by atoms with Crippen LogP contribution in [-0.2, 0) is 44.7 Å². The molecule has 0 bridgehead atoms. The summed E-state index contributed by atoms with van der Waals surface area (Å²) < 4.78 is 15.0. The summed E-state index contributed by atoms with van der Waals surface area (Å²) in [6.45, 7) is 7.10. The number of nitrogens with one attached hydrogen (secondary N) is 3. The molecule has 19 N–H and O–H groups in total. The minimum atomic E-state index is -1.24. The van der Waals surface area contributed by atoms with Crippen molar-refractivity contribution < 1.29 is 53.2 Å². The first kappa shape index (κ1) is 52.2. The van der Waals surface area contributed by atoms with Crippen molar-refractivity contribution in [3.63, 3.8) is 0 Å². The molecule has 1 aliphatic rings. The van der Waals surface area contributed by atoms with Gasteiger partial charge in [-0.15, -0.1) is 0 Å². The van der Waals surface area contributed by atoms with Crippen LogP contribution in [0.4, 0.5) is 0 Å². The highest BCUT2D eigenvalue weighted by Crippen LogP contribution is 2.15. The Balaban J connectivity index is 0.000000868. The second-order valence-electron chi connectivity index (χ2n) is 13.8. The van der Waals surface area contributed by atoms with Crippen LogP contribution in [0, 0.1) is 11.3 Å². The number of hydrogen-bond acceptors (Lipinski definition) is 17. The second-order valence-corrected chi connectivity index (χ2v) is 13.8. The lowest BCUT2D eigenvalue weighted by atomic mass is 10.0. The van der Waals surface area contributed by atoms with Crippen molar-refractivity contribution in [2.45, 2.75) is 121 Å². The van der Waals surface area contributed by atoms with Crippen LogP contribution in [0.25, 0.3) is 0 Å². The SMILES string of the molecule is CC(C)C[C@H](N)C(=O)OC(=O)[C@@H](N)[C@@H](C)OC(=O)[C@@H]1CCCN1.N=C(N)NCCC[C@H](N)C(=O)O.NCCCC[C@H](N)C(=O)Oc1ccc(C[C@H](N)C(=O)O)cc1. The molecule has 1 aromatic rings. The summed E-state index contributed by atoms with van der Waals surface area (Å²) in [5.74, 6) is -4.33. The maximum Gasteiger partial charge on any atom is 0.334 e. The lowest BCUT2D eigenvalue weighted by Crippen LogP contribution is -2.48. The number of esters is 4. The van der Waals surface area contributed by atoms with E-state index in [1.165, 1.54) is 6.92 Å². The van der Waals surface area contributed by atoms with Gasteiger partial charge in [0, 0.05) is 6.54 Å². The van der Waals surface area contributed by atoms with Crippen LogP contribution in [-0.4, -0.2) is 114 Å². The summed E-state index contributed by atoms with van der Waals surface area (Å²) in [5.41, 5.74) is 38.9. The van der Waals surface area contributed by atoms with E-state index in [9.17, 15) is 28.8 Å².